The topological polar surface area (TPSA) is 12.4 Å². The van der Waals surface area contributed by atoms with E-state index in [4.69, 9.17) is 0 Å². The summed E-state index contributed by atoms with van der Waals surface area (Å²) in [5.41, 5.74) is 4.70. The van der Waals surface area contributed by atoms with Crippen molar-refractivity contribution in [2.24, 2.45) is 16.8 Å². The minimum absolute atomic E-state index is 0.330. The summed E-state index contributed by atoms with van der Waals surface area (Å²) in [7, 11) is 1.84. The number of rotatable bonds is 6. The number of halogens is 1. The first-order chi connectivity index (χ1) is 16.9. The van der Waals surface area contributed by atoms with Crippen LogP contribution in [0.15, 0.2) is 102 Å². The molecule has 1 nitrogen and oxygen atoms in total. The Bertz CT molecular complexity index is 927. The van der Waals surface area contributed by atoms with E-state index in [1.54, 1.807) is 13.8 Å². The molecule has 0 saturated carbocycles. The van der Waals surface area contributed by atoms with Gasteiger partial charge in [-0.1, -0.05) is 120 Å². The molecular formula is C34H52FN. The second-order valence-electron chi connectivity index (χ2n) is 9.54. The summed E-state index contributed by atoms with van der Waals surface area (Å²) in [4.78, 5) is 4.48. The Kier molecular flexibility index (Phi) is 19.1. The van der Waals surface area contributed by atoms with Crippen LogP contribution in [-0.2, 0) is 5.67 Å². The van der Waals surface area contributed by atoms with E-state index in [1.807, 2.05) is 78.1 Å². The Balaban J connectivity index is 0. The van der Waals surface area contributed by atoms with Crippen LogP contribution in [0, 0.1) is 18.8 Å². The van der Waals surface area contributed by atoms with Gasteiger partial charge in [0.25, 0.3) is 0 Å². The highest BCUT2D eigenvalue weighted by Crippen LogP contribution is 2.26. The fourth-order valence-electron chi connectivity index (χ4n) is 3.24. The second kappa shape index (κ2) is 19.4. The zero-order valence-corrected chi connectivity index (χ0v) is 25.0. The zero-order chi connectivity index (χ0) is 28.3. The summed E-state index contributed by atoms with van der Waals surface area (Å²) < 4.78 is 13.3. The number of hydrogen-bond acceptors (Lipinski definition) is 1. The molecule has 0 saturated heterocycles. The largest absolute Gasteiger partial charge is 0.292 e. The van der Waals surface area contributed by atoms with Gasteiger partial charge in [-0.15, -0.1) is 0 Å². The lowest BCUT2D eigenvalue weighted by atomic mass is 9.85. The molecule has 1 aliphatic carbocycles. The fraction of sp³-hybridized carbons (Fsp3) is 0.441. The van der Waals surface area contributed by atoms with Gasteiger partial charge < -0.3 is 0 Å². The van der Waals surface area contributed by atoms with Crippen LogP contribution in [0.4, 0.5) is 4.39 Å². The van der Waals surface area contributed by atoms with Crippen molar-refractivity contribution in [3.63, 3.8) is 0 Å². The Morgan fingerprint density at radius 2 is 1.69 bits per heavy atom. The van der Waals surface area contributed by atoms with Crippen molar-refractivity contribution in [3.8, 4) is 0 Å². The van der Waals surface area contributed by atoms with Crippen LogP contribution in [-0.4, -0.2) is 12.8 Å². The van der Waals surface area contributed by atoms with E-state index in [0.29, 0.717) is 5.92 Å². The molecule has 1 unspecified atom stereocenters. The quantitative estimate of drug-likeness (QED) is 0.276. The molecule has 0 bridgehead atoms. The third-order valence-corrected chi connectivity index (χ3v) is 4.92. The lowest BCUT2D eigenvalue weighted by molar-refractivity contribution is 0.221. The van der Waals surface area contributed by atoms with Gasteiger partial charge in [0.15, 0.2) is 0 Å². The maximum absolute atomic E-state index is 13.3. The second-order valence-corrected chi connectivity index (χ2v) is 9.54. The maximum Gasteiger partial charge on any atom is 0.130 e. The average Bonchev–Trinajstić information content (AvgIpc) is 2.83. The van der Waals surface area contributed by atoms with Gasteiger partial charge in [-0.3, -0.25) is 4.99 Å². The van der Waals surface area contributed by atoms with Crippen LogP contribution >= 0.6 is 0 Å². The van der Waals surface area contributed by atoms with Crippen molar-refractivity contribution in [3.05, 3.63) is 108 Å². The number of allylic oxidation sites excluding steroid dienone is 10. The lowest BCUT2D eigenvalue weighted by Gasteiger charge is -2.20. The van der Waals surface area contributed by atoms with E-state index in [-0.39, 0.29) is 0 Å². The molecule has 0 radical (unpaired) electrons. The Morgan fingerprint density at radius 1 is 1.11 bits per heavy atom. The van der Waals surface area contributed by atoms with Crippen LogP contribution in [0.25, 0.3) is 0 Å². The molecule has 2 heteroatoms. The van der Waals surface area contributed by atoms with Gasteiger partial charge in [-0.2, -0.15) is 0 Å². The van der Waals surface area contributed by atoms with Gasteiger partial charge >= 0.3 is 0 Å². The predicted molar refractivity (Wildman–Crippen MR) is 164 cm³/mol. The first-order valence-electron chi connectivity index (χ1n) is 13.1. The van der Waals surface area contributed by atoms with Crippen LogP contribution in [0.3, 0.4) is 0 Å². The van der Waals surface area contributed by atoms with E-state index in [9.17, 15) is 4.39 Å². The number of nitrogens with zero attached hydrogens (tertiary/aromatic N) is 1. The van der Waals surface area contributed by atoms with E-state index in [2.05, 4.69) is 69.3 Å². The number of hydrogen-bond donors (Lipinski definition) is 0. The van der Waals surface area contributed by atoms with Crippen LogP contribution in [0.1, 0.15) is 79.9 Å². The summed E-state index contributed by atoms with van der Waals surface area (Å²) >= 11 is 0. The highest BCUT2D eigenvalue weighted by Gasteiger charge is 2.19. The number of aryl methyl sites for hydroxylation is 1. The smallest absolute Gasteiger partial charge is 0.130 e. The molecule has 0 N–H and O–H groups in total. The molecule has 0 fully saturated rings. The summed E-state index contributed by atoms with van der Waals surface area (Å²) in [6, 6.07) is 7.54. The molecule has 1 aliphatic rings. The first kappa shape index (κ1) is 35.4. The minimum atomic E-state index is -1.22. The highest BCUT2D eigenvalue weighted by atomic mass is 19.1. The van der Waals surface area contributed by atoms with E-state index in [1.165, 1.54) is 0 Å². The van der Waals surface area contributed by atoms with Crippen LogP contribution < -0.4 is 0 Å². The standard InChI is InChI=1S/C18H23N.C10H13F.C4H10.C2H6/c1-6-11-14(3)15(4)17(7-2)18(19-5)16-12-9-8-10-13-16;1-8-5-4-6-9(7-8)10(2,3)11;1-4(2)3;1-2/h6-12,16H,3-4,13H2,1-2,5H3;4-7H,1-3H3;4H,1-3H3;1-2H3/b11-6-,17-7-,19-18?;;;. The summed E-state index contributed by atoms with van der Waals surface area (Å²) in [5, 5.41) is 0. The molecule has 0 aromatic heterocycles. The van der Waals surface area contributed by atoms with Crippen molar-refractivity contribution < 1.29 is 4.39 Å². The fourth-order valence-corrected chi connectivity index (χ4v) is 3.24. The van der Waals surface area contributed by atoms with Crippen LogP contribution in [0.5, 0.6) is 0 Å². The molecule has 2 rings (SSSR count). The Hall–Kier alpha value is -2.74. The van der Waals surface area contributed by atoms with Crippen molar-refractivity contribution >= 4 is 5.71 Å². The molecule has 36 heavy (non-hydrogen) atoms. The minimum Gasteiger partial charge on any atom is -0.292 e. The predicted octanol–water partition coefficient (Wildman–Crippen LogP) is 10.7. The molecule has 0 spiro atoms. The van der Waals surface area contributed by atoms with Gasteiger partial charge in [0.1, 0.15) is 5.67 Å². The molecule has 1 atom stereocenters. The maximum atomic E-state index is 13.3. The van der Waals surface area contributed by atoms with Crippen LogP contribution in [0.2, 0.25) is 0 Å². The number of alkyl halides is 1. The Morgan fingerprint density at radius 3 is 2.06 bits per heavy atom. The average molecular weight is 494 g/mol. The molecule has 0 amide bonds. The third kappa shape index (κ3) is 14.6. The van der Waals surface area contributed by atoms with Gasteiger partial charge in [-0.05, 0) is 69.2 Å². The summed E-state index contributed by atoms with van der Waals surface area (Å²) in [5.74, 6) is 1.16. The zero-order valence-electron chi connectivity index (χ0n) is 25.0. The molecule has 0 aliphatic heterocycles. The molecular weight excluding hydrogens is 441 g/mol. The van der Waals surface area contributed by atoms with E-state index in [0.717, 1.165) is 45.9 Å². The first-order valence-corrected chi connectivity index (χ1v) is 13.1. The van der Waals surface area contributed by atoms with Crippen molar-refractivity contribution in [1.29, 1.82) is 0 Å². The highest BCUT2D eigenvalue weighted by molar-refractivity contribution is 6.07. The third-order valence-electron chi connectivity index (χ3n) is 4.92. The number of aliphatic imine (C=N–C) groups is 1. The van der Waals surface area contributed by atoms with E-state index >= 15 is 0 Å². The summed E-state index contributed by atoms with van der Waals surface area (Å²) in [6.45, 7) is 27.8. The van der Waals surface area contributed by atoms with Crippen molar-refractivity contribution in [1.82, 2.24) is 0 Å². The molecule has 1 aromatic rings. The monoisotopic (exact) mass is 493 g/mol. The normalized spacial score (nSPS) is 15.3. The van der Waals surface area contributed by atoms with Gasteiger partial charge in [-0.25, -0.2) is 4.39 Å². The molecule has 200 valence electrons. The van der Waals surface area contributed by atoms with Crippen molar-refractivity contribution in [2.45, 2.75) is 81.3 Å². The molecule has 0 heterocycles. The lowest BCUT2D eigenvalue weighted by Crippen LogP contribution is -2.17. The van der Waals surface area contributed by atoms with Crippen molar-refractivity contribution in [2.75, 3.05) is 7.05 Å². The molecule has 1 aromatic carbocycles. The van der Waals surface area contributed by atoms with Gasteiger partial charge in [0.2, 0.25) is 0 Å². The van der Waals surface area contributed by atoms with Gasteiger partial charge in [0.05, 0.1) is 0 Å². The van der Waals surface area contributed by atoms with Gasteiger partial charge in [0, 0.05) is 18.7 Å². The Labute approximate surface area is 223 Å². The SMILES string of the molecule is C=C(/C=C\C)C(=C)/C(=C/C)C(=NC)C1C=CC=CC1.CC.CC(C)C.Cc1cccc(C(C)(C)F)c1. The summed E-state index contributed by atoms with van der Waals surface area (Å²) in [6.07, 6.45) is 15.5. The van der Waals surface area contributed by atoms with E-state index < -0.39 is 5.67 Å². The number of benzene rings is 1.